The first-order chi connectivity index (χ1) is 14.5. The Labute approximate surface area is 184 Å². The predicted molar refractivity (Wildman–Crippen MR) is 123 cm³/mol. The van der Waals surface area contributed by atoms with Gasteiger partial charge in [-0.15, -0.1) is 0 Å². The maximum Gasteiger partial charge on any atom is 0.224 e. The lowest BCUT2D eigenvalue weighted by Crippen LogP contribution is -2.71. The summed E-state index contributed by atoms with van der Waals surface area (Å²) in [5.41, 5.74) is 9.37. The Morgan fingerprint density at radius 2 is 2.20 bits per heavy atom. The Morgan fingerprint density at radius 1 is 1.40 bits per heavy atom. The molecule has 30 heavy (non-hydrogen) atoms. The fraction of sp³-hybridized carbons (Fsp3) is 0.400. The number of hydrogen-bond donors (Lipinski definition) is 6. The standard InChI is InChI=1S/C20H27BrN8O/c1-12-4-2-3-5-16(12)27-20-24-11-14(18(23)30)19(28-20)26-13-6-7-15(21)17(10-13)29-25-9-8-22/h6-12,16,18,22,29-30H,2-5,23H2,1H3,(H2,24,26,27,28)/p+1/b22-8?,25-9-/t12-,16+,18?/m0/s1. The number of nitrogens with zero attached hydrogens (tertiary/aromatic N) is 3. The fourth-order valence-corrected chi connectivity index (χ4v) is 3.85. The number of rotatable bonds is 8. The summed E-state index contributed by atoms with van der Waals surface area (Å²) < 4.78 is 0.866. The Balaban J connectivity index is 1.83. The molecule has 1 saturated carbocycles. The molecule has 0 spiro atoms. The van der Waals surface area contributed by atoms with Gasteiger partial charge in [0, 0.05) is 30.2 Å². The van der Waals surface area contributed by atoms with E-state index in [-0.39, 0.29) is 0 Å². The molecule has 10 heteroatoms. The minimum atomic E-state index is -1.20. The van der Waals surface area contributed by atoms with Crippen LogP contribution in [-0.2, 0) is 0 Å². The van der Waals surface area contributed by atoms with E-state index in [0.717, 1.165) is 28.5 Å². The normalized spacial score (nSPS) is 20.1. The van der Waals surface area contributed by atoms with Gasteiger partial charge in [0.05, 0.1) is 10.0 Å². The van der Waals surface area contributed by atoms with Crippen LogP contribution in [0, 0.1) is 11.3 Å². The van der Waals surface area contributed by atoms with Crippen molar-refractivity contribution in [1.29, 1.82) is 5.41 Å². The fourth-order valence-electron chi connectivity index (χ4n) is 3.50. The van der Waals surface area contributed by atoms with Crippen LogP contribution in [0.15, 0.2) is 34.0 Å². The molecule has 1 unspecified atom stereocenters. The molecule has 1 aliphatic rings. The zero-order valence-electron chi connectivity index (χ0n) is 16.8. The number of quaternary nitrogens is 1. The predicted octanol–water partition coefficient (Wildman–Crippen LogP) is 2.75. The van der Waals surface area contributed by atoms with E-state index in [9.17, 15) is 5.11 Å². The van der Waals surface area contributed by atoms with Crippen LogP contribution >= 0.6 is 15.9 Å². The number of nitrogens with one attached hydrogen (secondary N) is 3. The summed E-state index contributed by atoms with van der Waals surface area (Å²) in [6.45, 7) is 2.24. The van der Waals surface area contributed by atoms with Gasteiger partial charge >= 0.3 is 0 Å². The molecule has 1 aromatic heterocycles. The van der Waals surface area contributed by atoms with Crippen molar-refractivity contribution < 1.29 is 10.5 Å². The first-order valence-electron chi connectivity index (χ1n) is 9.97. The molecule has 2 aromatic rings. The van der Waals surface area contributed by atoms with Crippen LogP contribution in [0.5, 0.6) is 0 Å². The molecule has 0 aliphatic heterocycles. The van der Waals surface area contributed by atoms with Gasteiger partial charge < -0.3 is 26.9 Å². The lowest BCUT2D eigenvalue weighted by molar-refractivity contribution is -0.577. The molecule has 3 rings (SSSR count). The van der Waals surface area contributed by atoms with E-state index in [1.807, 2.05) is 18.2 Å². The molecule has 0 amide bonds. The van der Waals surface area contributed by atoms with Gasteiger partial charge in [-0.05, 0) is 46.8 Å². The zero-order chi connectivity index (χ0) is 21.5. The third-order valence-corrected chi connectivity index (χ3v) is 5.92. The molecule has 3 atom stereocenters. The van der Waals surface area contributed by atoms with Crippen molar-refractivity contribution in [3.8, 4) is 0 Å². The quantitative estimate of drug-likeness (QED) is 0.113. The Kier molecular flexibility index (Phi) is 7.86. The van der Waals surface area contributed by atoms with Crippen molar-refractivity contribution >= 4 is 51.5 Å². The summed E-state index contributed by atoms with van der Waals surface area (Å²) >= 11 is 3.49. The summed E-state index contributed by atoms with van der Waals surface area (Å²) in [7, 11) is 0. The Hall–Kier alpha value is -2.40. The number of halogens is 1. The van der Waals surface area contributed by atoms with Crippen LogP contribution in [0.1, 0.15) is 44.4 Å². The first-order valence-corrected chi connectivity index (χ1v) is 10.8. The molecule has 0 radical (unpaired) electrons. The Bertz CT molecular complexity index is 904. The average Bonchev–Trinajstić information content (AvgIpc) is 2.72. The highest BCUT2D eigenvalue weighted by Gasteiger charge is 2.22. The molecule has 9 nitrogen and oxygen atoms in total. The largest absolute Gasteiger partial charge is 0.374 e. The number of hydrogen-bond acceptors (Lipinski definition) is 8. The van der Waals surface area contributed by atoms with Gasteiger partial charge in [0.1, 0.15) is 18.3 Å². The molecule has 1 aromatic carbocycles. The van der Waals surface area contributed by atoms with Gasteiger partial charge in [-0.2, -0.15) is 10.4 Å². The highest BCUT2D eigenvalue weighted by atomic mass is 79.9. The van der Waals surface area contributed by atoms with Crippen molar-refractivity contribution in [1.82, 2.24) is 9.97 Å². The van der Waals surface area contributed by atoms with Gasteiger partial charge in [0.25, 0.3) is 0 Å². The first kappa shape index (κ1) is 22.3. The van der Waals surface area contributed by atoms with E-state index >= 15 is 0 Å². The summed E-state index contributed by atoms with van der Waals surface area (Å²) in [4.78, 5) is 8.95. The van der Waals surface area contributed by atoms with Crippen LogP contribution < -0.4 is 21.8 Å². The number of aromatic nitrogens is 2. The molecular formula is C20H28BrN8O+. The highest BCUT2D eigenvalue weighted by molar-refractivity contribution is 9.10. The lowest BCUT2D eigenvalue weighted by atomic mass is 9.86. The van der Waals surface area contributed by atoms with Gasteiger partial charge in [-0.1, -0.05) is 24.9 Å². The van der Waals surface area contributed by atoms with E-state index in [1.54, 1.807) is 11.6 Å². The number of benzene rings is 1. The molecule has 1 heterocycles. The van der Waals surface area contributed by atoms with E-state index < -0.39 is 6.23 Å². The van der Waals surface area contributed by atoms with Gasteiger partial charge in [-0.3, -0.25) is 0 Å². The van der Waals surface area contributed by atoms with Crippen LogP contribution in [0.3, 0.4) is 0 Å². The second-order valence-corrected chi connectivity index (χ2v) is 8.26. The number of anilines is 3. The number of aliphatic hydroxyl groups is 1. The summed E-state index contributed by atoms with van der Waals surface area (Å²) in [6, 6.07) is 5.99. The van der Waals surface area contributed by atoms with Crippen LogP contribution in [0.4, 0.5) is 23.1 Å². The van der Waals surface area contributed by atoms with Gasteiger partial charge in [-0.25, -0.2) is 4.98 Å². The maximum absolute atomic E-state index is 9.96. The minimum absolute atomic E-state index is 0.334. The topological polar surface area (TPSA) is 149 Å². The molecule has 1 aliphatic carbocycles. The molecule has 8 N–H and O–H groups in total. The average molecular weight is 476 g/mol. The Morgan fingerprint density at radius 3 is 2.93 bits per heavy atom. The highest BCUT2D eigenvalue weighted by Crippen LogP contribution is 2.29. The number of aliphatic hydroxyl groups excluding tert-OH is 1. The second kappa shape index (κ2) is 10.6. The van der Waals surface area contributed by atoms with Crippen LogP contribution in [0.25, 0.3) is 0 Å². The monoisotopic (exact) mass is 475 g/mol. The minimum Gasteiger partial charge on any atom is -0.374 e. The van der Waals surface area contributed by atoms with Gasteiger partial charge in [0.15, 0.2) is 5.69 Å². The van der Waals surface area contributed by atoms with E-state index in [2.05, 4.69) is 48.6 Å². The van der Waals surface area contributed by atoms with Crippen LogP contribution in [0.2, 0.25) is 0 Å². The summed E-state index contributed by atoms with van der Waals surface area (Å²) in [6.07, 6.45) is 7.61. The van der Waals surface area contributed by atoms with Crippen molar-refractivity contribution in [3.05, 3.63) is 34.4 Å². The summed E-state index contributed by atoms with van der Waals surface area (Å²) in [5, 5.41) is 27.7. The second-order valence-electron chi connectivity index (χ2n) is 7.41. The molecule has 1 fully saturated rings. The van der Waals surface area contributed by atoms with Crippen molar-refractivity contribution in [3.63, 3.8) is 0 Å². The van der Waals surface area contributed by atoms with Crippen molar-refractivity contribution in [2.45, 2.75) is 44.9 Å². The van der Waals surface area contributed by atoms with E-state index in [0.29, 0.717) is 29.3 Å². The number of nitrogens with two attached hydrogens (primary N) is 2. The molecule has 0 saturated heterocycles. The van der Waals surface area contributed by atoms with Crippen LogP contribution in [-0.4, -0.2) is 33.5 Å². The molecular weight excluding hydrogens is 448 g/mol. The van der Waals surface area contributed by atoms with Gasteiger partial charge in [0.2, 0.25) is 5.95 Å². The molecule has 0 bridgehead atoms. The third-order valence-electron chi connectivity index (χ3n) is 5.19. The van der Waals surface area contributed by atoms with Crippen molar-refractivity contribution in [2.75, 3.05) is 10.6 Å². The van der Waals surface area contributed by atoms with E-state index in [1.165, 1.54) is 25.5 Å². The van der Waals surface area contributed by atoms with Crippen molar-refractivity contribution in [2.24, 2.45) is 16.8 Å². The maximum atomic E-state index is 9.96. The summed E-state index contributed by atoms with van der Waals surface area (Å²) in [5.74, 6) is 1.52. The lowest BCUT2D eigenvalue weighted by Gasteiger charge is -2.29. The third kappa shape index (κ3) is 5.82. The SMILES string of the molecule is C[C@H]1CCCC[C@H]1Nc1ncc(C(N)O)c(Nc2ccc(Br)c([NH2+]/N=C\C=N)c2)n1. The zero-order valence-corrected chi connectivity index (χ0v) is 18.4. The molecule has 160 valence electrons. The smallest absolute Gasteiger partial charge is 0.224 e. The van der Waals surface area contributed by atoms with E-state index in [4.69, 9.17) is 11.1 Å².